The highest BCUT2D eigenvalue weighted by Gasteiger charge is 2.54. The fraction of sp³-hybridized carbons (Fsp3) is 0.294. The number of carbonyl (C=O) groups is 4. The van der Waals surface area contributed by atoms with Crippen LogP contribution in [-0.4, -0.2) is 75.3 Å². The number of ether oxygens (including phenoxy) is 1. The highest BCUT2D eigenvalue weighted by Crippen LogP contribution is 2.40. The van der Waals surface area contributed by atoms with E-state index in [1.807, 2.05) is 0 Å². The van der Waals surface area contributed by atoms with E-state index < -0.39 is 41.8 Å². The molecule has 31 heavy (non-hydrogen) atoms. The lowest BCUT2D eigenvalue weighted by atomic mass is 10.0. The van der Waals surface area contributed by atoms with Gasteiger partial charge in [0.05, 0.1) is 7.11 Å². The summed E-state index contributed by atoms with van der Waals surface area (Å²) in [5.74, 6) is -3.04. The number of rotatable bonds is 8. The minimum Gasteiger partial charge on any atom is -0.477 e. The Morgan fingerprint density at radius 2 is 2.26 bits per heavy atom. The lowest BCUT2D eigenvalue weighted by Crippen LogP contribution is -2.71. The molecule has 1 saturated heterocycles. The number of carbonyl (C=O) groups excluding carboxylic acids is 3. The number of methoxy groups -OCH3 is 1. The van der Waals surface area contributed by atoms with Crippen molar-refractivity contribution in [2.45, 2.75) is 11.4 Å². The first-order valence-corrected chi connectivity index (χ1v) is 10.5. The van der Waals surface area contributed by atoms with Gasteiger partial charge in [0.25, 0.3) is 11.8 Å². The summed E-state index contributed by atoms with van der Waals surface area (Å²) < 4.78 is 4.43. The summed E-state index contributed by atoms with van der Waals surface area (Å²) in [5.41, 5.74) is 5.66. The Balaban J connectivity index is 1.78. The number of amides is 2. The molecule has 2 aliphatic rings. The number of thiazole rings is 1. The topological polar surface area (TPSA) is 174 Å². The molecule has 12 nitrogen and oxygen atoms in total. The summed E-state index contributed by atoms with van der Waals surface area (Å²) in [7, 11) is 1.16. The number of fused-ring (bicyclic) bond motifs is 1. The zero-order chi connectivity index (χ0) is 22.7. The number of aromatic nitrogens is 1. The number of esters is 1. The molecule has 164 valence electrons. The summed E-state index contributed by atoms with van der Waals surface area (Å²) in [5, 5.41) is 16.7. The van der Waals surface area contributed by atoms with Crippen LogP contribution in [-0.2, 0) is 28.8 Å². The summed E-state index contributed by atoms with van der Waals surface area (Å²) in [4.78, 5) is 58.2. The van der Waals surface area contributed by atoms with Crippen molar-refractivity contribution in [3.63, 3.8) is 0 Å². The van der Waals surface area contributed by atoms with Crippen molar-refractivity contribution in [1.29, 1.82) is 0 Å². The van der Waals surface area contributed by atoms with E-state index >= 15 is 0 Å². The van der Waals surface area contributed by atoms with Gasteiger partial charge in [0.15, 0.2) is 10.8 Å². The molecular formula is C17H17N5O7S2. The molecule has 0 spiro atoms. The van der Waals surface area contributed by atoms with E-state index in [0.717, 1.165) is 23.3 Å². The maximum atomic E-state index is 12.8. The molecule has 0 radical (unpaired) electrons. The Morgan fingerprint density at radius 3 is 2.84 bits per heavy atom. The highest BCUT2D eigenvalue weighted by molar-refractivity contribution is 8.00. The molecule has 2 aliphatic heterocycles. The minimum absolute atomic E-state index is 0.0878. The number of nitrogens with zero attached hydrogens (tertiary/aromatic N) is 3. The molecule has 3 rings (SSSR count). The third kappa shape index (κ3) is 4.39. The molecular weight excluding hydrogens is 450 g/mol. The monoisotopic (exact) mass is 467 g/mol. The lowest BCUT2D eigenvalue weighted by molar-refractivity contribution is -0.150. The molecule has 1 fully saturated rings. The van der Waals surface area contributed by atoms with Crippen LogP contribution < -0.4 is 11.1 Å². The van der Waals surface area contributed by atoms with E-state index in [1.54, 1.807) is 0 Å². The standard InChI is InChI=1S/C17H17N5O7S2/c1-3-7-5-30-15-11(14(25)22(15)12(7)16(26)27)20-13(24)10(8-6-31-17(18)19-8)21-29-4-9(23)28-2/h3,6,11,15H,1,4-5H2,2H3,(H2,18,19)(H,20,24)(H,26,27)/t11?,15-/m0/s1. The molecule has 1 aromatic heterocycles. The fourth-order valence-electron chi connectivity index (χ4n) is 2.82. The normalized spacial score (nSPS) is 20.5. The zero-order valence-corrected chi connectivity index (χ0v) is 17.7. The Kier molecular flexibility index (Phi) is 6.60. The zero-order valence-electron chi connectivity index (χ0n) is 16.1. The summed E-state index contributed by atoms with van der Waals surface area (Å²) >= 11 is 2.35. The van der Waals surface area contributed by atoms with E-state index in [2.05, 4.69) is 26.8 Å². The van der Waals surface area contributed by atoms with Crippen LogP contribution in [0.15, 0.2) is 34.5 Å². The average molecular weight is 467 g/mol. The second-order valence-corrected chi connectivity index (χ2v) is 8.10. The van der Waals surface area contributed by atoms with E-state index in [1.165, 1.54) is 23.2 Å². The van der Waals surface area contributed by atoms with E-state index in [0.29, 0.717) is 11.3 Å². The summed E-state index contributed by atoms with van der Waals surface area (Å²) in [6.07, 6.45) is 1.39. The molecule has 0 saturated carbocycles. The maximum absolute atomic E-state index is 12.8. The third-order valence-corrected chi connectivity index (χ3v) is 6.25. The Bertz CT molecular complexity index is 1020. The van der Waals surface area contributed by atoms with E-state index in [-0.39, 0.29) is 22.2 Å². The number of carboxylic acid groups (broad SMARTS) is 1. The summed E-state index contributed by atoms with van der Waals surface area (Å²) in [6, 6.07) is -0.986. The van der Waals surface area contributed by atoms with Gasteiger partial charge in [0.2, 0.25) is 6.61 Å². The number of oxime groups is 1. The van der Waals surface area contributed by atoms with Gasteiger partial charge >= 0.3 is 11.9 Å². The second kappa shape index (κ2) is 9.18. The number of hydrogen-bond donors (Lipinski definition) is 3. The fourth-order valence-corrected chi connectivity index (χ4v) is 4.71. The Labute approximate surface area is 183 Å². The number of nitrogen functional groups attached to an aromatic ring is 1. The van der Waals surface area contributed by atoms with Crippen molar-refractivity contribution in [1.82, 2.24) is 15.2 Å². The smallest absolute Gasteiger partial charge is 0.352 e. The largest absolute Gasteiger partial charge is 0.477 e. The van der Waals surface area contributed by atoms with Gasteiger partial charge in [0, 0.05) is 11.1 Å². The van der Waals surface area contributed by atoms with Crippen LogP contribution in [0.5, 0.6) is 0 Å². The Hall–Kier alpha value is -3.39. The van der Waals surface area contributed by atoms with Crippen molar-refractivity contribution in [3.8, 4) is 0 Å². The molecule has 0 aliphatic carbocycles. The number of thioether (sulfide) groups is 1. The lowest BCUT2D eigenvalue weighted by Gasteiger charge is -2.49. The Morgan fingerprint density at radius 1 is 1.52 bits per heavy atom. The highest BCUT2D eigenvalue weighted by atomic mass is 32.2. The number of carboxylic acids is 1. The van der Waals surface area contributed by atoms with Crippen molar-refractivity contribution < 1.29 is 33.9 Å². The maximum Gasteiger partial charge on any atom is 0.352 e. The number of anilines is 1. The van der Waals surface area contributed by atoms with Crippen LogP contribution in [0.3, 0.4) is 0 Å². The first-order chi connectivity index (χ1) is 14.8. The third-order valence-electron chi connectivity index (χ3n) is 4.28. The summed E-state index contributed by atoms with van der Waals surface area (Å²) in [6.45, 7) is 3.03. The van der Waals surface area contributed by atoms with Crippen LogP contribution in [0.2, 0.25) is 0 Å². The van der Waals surface area contributed by atoms with E-state index in [4.69, 9.17) is 10.6 Å². The van der Waals surface area contributed by atoms with Crippen LogP contribution in [0.25, 0.3) is 0 Å². The van der Waals surface area contributed by atoms with Crippen molar-refractivity contribution in [3.05, 3.63) is 35.0 Å². The molecule has 1 aromatic rings. The quantitative estimate of drug-likeness (QED) is 0.196. The molecule has 14 heteroatoms. The molecule has 2 amide bonds. The van der Waals surface area contributed by atoms with Gasteiger partial charge in [-0.1, -0.05) is 17.8 Å². The predicted octanol–water partition coefficient (Wildman–Crippen LogP) is -0.456. The van der Waals surface area contributed by atoms with Crippen LogP contribution in [0, 0.1) is 0 Å². The second-order valence-electron chi connectivity index (χ2n) is 6.10. The van der Waals surface area contributed by atoms with Gasteiger partial charge < -0.3 is 25.7 Å². The van der Waals surface area contributed by atoms with Crippen LogP contribution in [0.4, 0.5) is 5.13 Å². The molecule has 0 aromatic carbocycles. The van der Waals surface area contributed by atoms with Gasteiger partial charge in [-0.05, 0) is 5.57 Å². The van der Waals surface area contributed by atoms with E-state index in [9.17, 15) is 24.3 Å². The SMILES string of the molecule is C=CC1=C(C(=O)O)N2C(=O)C(NC(=O)C(=NOCC(=O)OC)c3csc(N)n3)[C@@H]2SC1. The number of nitrogens with one attached hydrogen (secondary N) is 1. The average Bonchev–Trinajstić information content (AvgIpc) is 3.18. The molecule has 1 unspecified atom stereocenters. The molecule has 0 bridgehead atoms. The number of hydrogen-bond acceptors (Lipinski definition) is 11. The van der Waals surface area contributed by atoms with Crippen molar-refractivity contribution >= 4 is 57.7 Å². The first-order valence-electron chi connectivity index (χ1n) is 8.61. The predicted molar refractivity (Wildman–Crippen MR) is 111 cm³/mol. The number of nitrogens with two attached hydrogens (primary N) is 1. The van der Waals surface area contributed by atoms with Crippen LogP contribution >= 0.6 is 23.1 Å². The first kappa shape index (κ1) is 22.3. The minimum atomic E-state index is -1.25. The van der Waals surface area contributed by atoms with Gasteiger partial charge in [0.1, 0.15) is 22.8 Å². The van der Waals surface area contributed by atoms with Crippen LogP contribution in [0.1, 0.15) is 5.69 Å². The van der Waals surface area contributed by atoms with Crippen molar-refractivity contribution in [2.24, 2.45) is 5.16 Å². The number of β-lactam (4-membered cyclic amide) rings is 1. The number of allylic oxidation sites excluding steroid dienone is 1. The van der Waals surface area contributed by atoms with Gasteiger partial charge in [-0.2, -0.15) is 0 Å². The number of aliphatic carboxylic acids is 1. The van der Waals surface area contributed by atoms with Gasteiger partial charge in [-0.25, -0.2) is 14.6 Å². The molecule has 3 heterocycles. The molecule has 4 N–H and O–H groups in total. The molecule has 2 atom stereocenters. The van der Waals surface area contributed by atoms with Gasteiger partial charge in [-0.15, -0.1) is 23.1 Å². The van der Waals surface area contributed by atoms with Crippen molar-refractivity contribution in [2.75, 3.05) is 25.2 Å². The van der Waals surface area contributed by atoms with Gasteiger partial charge in [-0.3, -0.25) is 14.5 Å².